The molecule has 1 heterocycles. The molecular weight excluding hydrogens is 417 g/mol. The van der Waals surface area contributed by atoms with Gasteiger partial charge in [-0.3, -0.25) is 9.89 Å². The van der Waals surface area contributed by atoms with E-state index in [-0.39, 0.29) is 6.61 Å². The number of halogens is 3. The summed E-state index contributed by atoms with van der Waals surface area (Å²) in [5, 5.41) is 6.78. The maximum absolute atomic E-state index is 12.2. The smallest absolute Gasteiger partial charge is 0.367 e. The number of piperidine rings is 1. The second kappa shape index (κ2) is 11.9. The summed E-state index contributed by atoms with van der Waals surface area (Å²) >= 11 is 0. The Bertz CT molecular complexity index is 850. The van der Waals surface area contributed by atoms with Gasteiger partial charge in [-0.15, -0.1) is 0 Å². The van der Waals surface area contributed by atoms with Gasteiger partial charge in [-0.05, 0) is 29.5 Å². The molecule has 8 heteroatoms. The zero-order valence-electron chi connectivity index (χ0n) is 18.4. The molecule has 1 aliphatic heterocycles. The largest absolute Gasteiger partial charge is 0.411 e. The van der Waals surface area contributed by atoms with Gasteiger partial charge in [-0.1, -0.05) is 54.6 Å². The minimum Gasteiger partial charge on any atom is -0.367 e. The number of nitrogens with one attached hydrogen (secondary N) is 2. The fraction of sp³-hybridized carbons (Fsp3) is 0.458. The molecule has 0 spiro atoms. The van der Waals surface area contributed by atoms with Crippen LogP contribution < -0.4 is 10.6 Å². The molecule has 32 heavy (non-hydrogen) atoms. The highest BCUT2D eigenvalue weighted by atomic mass is 19.4. The fourth-order valence-corrected chi connectivity index (χ4v) is 3.76. The number of rotatable bonds is 8. The van der Waals surface area contributed by atoms with E-state index in [1.54, 1.807) is 13.1 Å². The quantitative estimate of drug-likeness (QED) is 0.472. The lowest BCUT2D eigenvalue weighted by Crippen LogP contribution is -2.48. The van der Waals surface area contributed by atoms with Crippen molar-refractivity contribution >= 4 is 5.96 Å². The minimum absolute atomic E-state index is 0.0676. The van der Waals surface area contributed by atoms with E-state index in [9.17, 15) is 13.2 Å². The highest BCUT2D eigenvalue weighted by molar-refractivity contribution is 5.79. The van der Waals surface area contributed by atoms with Crippen molar-refractivity contribution in [2.24, 2.45) is 4.99 Å². The monoisotopic (exact) mass is 448 g/mol. The molecule has 0 aliphatic carbocycles. The second-order valence-corrected chi connectivity index (χ2v) is 8.03. The van der Waals surface area contributed by atoms with E-state index in [2.05, 4.69) is 44.8 Å². The maximum Gasteiger partial charge on any atom is 0.411 e. The Hall–Kier alpha value is -2.58. The normalized spacial score (nSPS) is 16.2. The Labute approximate surface area is 187 Å². The van der Waals surface area contributed by atoms with E-state index in [0.29, 0.717) is 18.2 Å². The molecule has 0 unspecified atom stereocenters. The minimum atomic E-state index is -4.31. The maximum atomic E-state index is 12.2. The van der Waals surface area contributed by atoms with Crippen LogP contribution in [-0.4, -0.2) is 49.8 Å². The molecule has 174 valence electrons. The number of guanidine groups is 1. The van der Waals surface area contributed by atoms with Crippen molar-refractivity contribution in [2.45, 2.75) is 44.8 Å². The van der Waals surface area contributed by atoms with Crippen LogP contribution in [0, 0.1) is 0 Å². The van der Waals surface area contributed by atoms with Crippen molar-refractivity contribution < 1.29 is 17.9 Å². The Morgan fingerprint density at radius 1 is 1.03 bits per heavy atom. The zero-order chi connectivity index (χ0) is 22.8. The third-order valence-corrected chi connectivity index (χ3v) is 5.39. The standard InChI is InChI=1S/C24H31F3N4O/c1-28-23(29-15-20-8-5-9-21(14-20)17-32-18-24(25,26)27)30-22-10-12-31(13-11-22)16-19-6-3-2-4-7-19/h2-9,14,22H,10-13,15-18H2,1H3,(H2,28,29,30). The second-order valence-electron chi connectivity index (χ2n) is 8.03. The van der Waals surface area contributed by atoms with Gasteiger partial charge in [0, 0.05) is 39.3 Å². The molecule has 2 aromatic carbocycles. The van der Waals surface area contributed by atoms with Crippen LogP contribution in [0.5, 0.6) is 0 Å². The molecule has 3 rings (SSSR count). The van der Waals surface area contributed by atoms with E-state index in [1.165, 1.54) is 5.56 Å². The first-order valence-electron chi connectivity index (χ1n) is 10.9. The number of hydrogen-bond acceptors (Lipinski definition) is 3. The number of ether oxygens (including phenoxy) is 1. The van der Waals surface area contributed by atoms with Gasteiger partial charge in [0.05, 0.1) is 6.61 Å². The SMILES string of the molecule is CN=C(NCc1cccc(COCC(F)(F)F)c1)NC1CCN(Cc2ccccc2)CC1. The van der Waals surface area contributed by atoms with E-state index in [1.807, 2.05) is 24.3 Å². The molecule has 0 bridgehead atoms. The van der Waals surface area contributed by atoms with E-state index < -0.39 is 12.8 Å². The Morgan fingerprint density at radius 3 is 2.41 bits per heavy atom. The molecule has 2 N–H and O–H groups in total. The van der Waals surface area contributed by atoms with Gasteiger partial charge in [0.25, 0.3) is 0 Å². The Morgan fingerprint density at radius 2 is 1.72 bits per heavy atom. The van der Waals surface area contributed by atoms with Gasteiger partial charge in [0.2, 0.25) is 0 Å². The van der Waals surface area contributed by atoms with Crippen LogP contribution in [0.3, 0.4) is 0 Å². The van der Waals surface area contributed by atoms with Crippen molar-refractivity contribution in [1.29, 1.82) is 0 Å². The third-order valence-electron chi connectivity index (χ3n) is 5.39. The first kappa shape index (κ1) is 24.1. The molecule has 0 saturated carbocycles. The van der Waals surface area contributed by atoms with Gasteiger partial charge < -0.3 is 15.4 Å². The third kappa shape index (κ3) is 8.51. The zero-order valence-corrected chi connectivity index (χ0v) is 18.4. The van der Waals surface area contributed by atoms with Crippen molar-refractivity contribution in [3.63, 3.8) is 0 Å². The molecule has 1 aliphatic rings. The van der Waals surface area contributed by atoms with Crippen LogP contribution in [-0.2, 0) is 24.4 Å². The molecule has 1 saturated heterocycles. The summed E-state index contributed by atoms with van der Waals surface area (Å²) in [5.41, 5.74) is 3.00. The van der Waals surface area contributed by atoms with E-state index >= 15 is 0 Å². The number of alkyl halides is 3. The average molecular weight is 449 g/mol. The lowest BCUT2D eigenvalue weighted by atomic mass is 10.0. The van der Waals surface area contributed by atoms with Gasteiger partial charge in [0.1, 0.15) is 6.61 Å². The van der Waals surface area contributed by atoms with Crippen molar-refractivity contribution in [3.8, 4) is 0 Å². The average Bonchev–Trinajstić information content (AvgIpc) is 2.78. The molecule has 0 amide bonds. The molecule has 0 atom stereocenters. The van der Waals surface area contributed by atoms with Crippen molar-refractivity contribution in [2.75, 3.05) is 26.7 Å². The van der Waals surface area contributed by atoms with E-state index in [0.717, 1.165) is 44.0 Å². The molecule has 5 nitrogen and oxygen atoms in total. The lowest BCUT2D eigenvalue weighted by molar-refractivity contribution is -0.176. The highest BCUT2D eigenvalue weighted by Gasteiger charge is 2.27. The predicted molar refractivity (Wildman–Crippen MR) is 120 cm³/mol. The van der Waals surface area contributed by atoms with E-state index in [4.69, 9.17) is 4.74 Å². The number of hydrogen-bond donors (Lipinski definition) is 2. The summed E-state index contributed by atoms with van der Waals surface area (Å²) in [5.74, 6) is 0.727. The summed E-state index contributed by atoms with van der Waals surface area (Å²) in [4.78, 5) is 6.78. The fourth-order valence-electron chi connectivity index (χ4n) is 3.76. The molecule has 2 aromatic rings. The summed E-state index contributed by atoms with van der Waals surface area (Å²) in [6, 6.07) is 18.2. The summed E-state index contributed by atoms with van der Waals surface area (Å²) in [7, 11) is 1.74. The van der Waals surface area contributed by atoms with Crippen LogP contribution in [0.1, 0.15) is 29.5 Å². The topological polar surface area (TPSA) is 48.9 Å². The Kier molecular flexibility index (Phi) is 8.93. The molecule has 0 radical (unpaired) electrons. The highest BCUT2D eigenvalue weighted by Crippen LogP contribution is 2.16. The van der Waals surface area contributed by atoms with Gasteiger partial charge in [-0.2, -0.15) is 13.2 Å². The predicted octanol–water partition coefficient (Wildman–Crippen LogP) is 4.10. The van der Waals surface area contributed by atoms with Crippen LogP contribution in [0.2, 0.25) is 0 Å². The number of nitrogens with zero attached hydrogens (tertiary/aromatic N) is 2. The van der Waals surface area contributed by atoms with Crippen LogP contribution in [0.25, 0.3) is 0 Å². The van der Waals surface area contributed by atoms with Crippen molar-refractivity contribution in [3.05, 3.63) is 71.3 Å². The number of benzene rings is 2. The van der Waals surface area contributed by atoms with Crippen LogP contribution in [0.15, 0.2) is 59.6 Å². The first-order chi connectivity index (χ1) is 15.4. The molecule has 1 fully saturated rings. The van der Waals surface area contributed by atoms with Gasteiger partial charge in [0.15, 0.2) is 5.96 Å². The first-order valence-corrected chi connectivity index (χ1v) is 10.9. The van der Waals surface area contributed by atoms with Gasteiger partial charge in [-0.25, -0.2) is 0 Å². The van der Waals surface area contributed by atoms with Gasteiger partial charge >= 0.3 is 6.18 Å². The number of likely N-dealkylation sites (tertiary alicyclic amines) is 1. The van der Waals surface area contributed by atoms with Crippen LogP contribution in [0.4, 0.5) is 13.2 Å². The summed E-state index contributed by atoms with van der Waals surface area (Å²) in [6.45, 7) is 2.26. The molecular formula is C24H31F3N4O. The van der Waals surface area contributed by atoms with Crippen molar-refractivity contribution in [1.82, 2.24) is 15.5 Å². The molecule has 0 aromatic heterocycles. The Balaban J connectivity index is 1.40. The number of aliphatic imine (C=N–C) groups is 1. The summed E-state index contributed by atoms with van der Waals surface area (Å²) in [6.07, 6.45) is -2.23. The summed E-state index contributed by atoms with van der Waals surface area (Å²) < 4.78 is 41.5. The lowest BCUT2D eigenvalue weighted by Gasteiger charge is -2.33. The van der Waals surface area contributed by atoms with Crippen LogP contribution >= 0.6 is 0 Å².